The van der Waals surface area contributed by atoms with Gasteiger partial charge in [0, 0.05) is 5.56 Å². The van der Waals surface area contributed by atoms with Crippen molar-refractivity contribution in [1.29, 1.82) is 0 Å². The van der Waals surface area contributed by atoms with E-state index in [2.05, 4.69) is 0 Å². The molecule has 20 heavy (non-hydrogen) atoms. The van der Waals surface area contributed by atoms with Gasteiger partial charge in [-0.2, -0.15) is 0 Å². The molecule has 0 saturated carbocycles. The molecule has 106 valence electrons. The molecular formula is C13H9BClF4O-. The molecule has 7 heteroatoms. The monoisotopic (exact) mass is 303 g/mol. The third-order valence-corrected chi connectivity index (χ3v) is 3.00. The summed E-state index contributed by atoms with van der Waals surface area (Å²) in [5.41, 5.74) is -0.233. The molecular weight excluding hydrogens is 294 g/mol. The molecule has 0 radical (unpaired) electrons. The normalized spacial score (nSPS) is 11.4. The Hall–Kier alpha value is -1.69. The topological polar surface area (TPSA) is 9.23 Å². The molecule has 0 heterocycles. The maximum Gasteiger partial charge on any atom is 0.509 e. The molecule has 0 aliphatic heterocycles. The van der Waals surface area contributed by atoms with E-state index in [-0.39, 0.29) is 17.4 Å². The van der Waals surface area contributed by atoms with Gasteiger partial charge in [0.1, 0.15) is 18.2 Å². The molecule has 2 aromatic carbocycles. The fraction of sp³-hybridized carbons (Fsp3) is 0.0769. The van der Waals surface area contributed by atoms with Gasteiger partial charge >= 0.3 is 6.98 Å². The second-order valence-corrected chi connectivity index (χ2v) is 4.58. The van der Waals surface area contributed by atoms with E-state index in [1.165, 1.54) is 24.3 Å². The van der Waals surface area contributed by atoms with E-state index < -0.39 is 18.3 Å². The predicted molar refractivity (Wildman–Crippen MR) is 70.9 cm³/mol. The SMILES string of the molecule is Fc1ccc(COc2cccc([B-](F)(F)F)c2)c(Cl)c1. The molecule has 0 unspecified atom stereocenters. The average molecular weight is 303 g/mol. The zero-order valence-corrected chi connectivity index (χ0v) is 10.9. The Bertz CT molecular complexity index is 616. The van der Waals surface area contributed by atoms with Crippen LogP contribution in [0.2, 0.25) is 5.02 Å². The molecule has 2 aromatic rings. The summed E-state index contributed by atoms with van der Waals surface area (Å²) in [5, 5.41) is 0.168. The first kappa shape index (κ1) is 14.7. The standard InChI is InChI=1S/C13H9BClF4O/c15-13-7-11(16)5-4-9(13)8-20-12-3-1-2-10(6-12)14(17,18)19/h1-7H,8H2/q-1. The van der Waals surface area contributed by atoms with E-state index in [4.69, 9.17) is 16.3 Å². The Morgan fingerprint density at radius 1 is 1.05 bits per heavy atom. The highest BCUT2D eigenvalue weighted by atomic mass is 35.5. The summed E-state index contributed by atoms with van der Waals surface area (Å²) in [5.74, 6) is -0.400. The lowest BCUT2D eigenvalue weighted by Gasteiger charge is -2.16. The first-order chi connectivity index (χ1) is 9.36. The zero-order chi connectivity index (χ0) is 14.8. The van der Waals surface area contributed by atoms with Crippen molar-refractivity contribution >= 4 is 24.0 Å². The van der Waals surface area contributed by atoms with Gasteiger partial charge in [0.15, 0.2) is 0 Å². The van der Waals surface area contributed by atoms with E-state index >= 15 is 0 Å². The molecule has 1 nitrogen and oxygen atoms in total. The molecule has 0 amide bonds. The van der Waals surface area contributed by atoms with Crippen LogP contribution in [0.4, 0.5) is 17.3 Å². The van der Waals surface area contributed by atoms with E-state index in [0.29, 0.717) is 5.56 Å². The number of halogens is 5. The van der Waals surface area contributed by atoms with Crippen LogP contribution >= 0.6 is 11.6 Å². The Morgan fingerprint density at radius 2 is 1.80 bits per heavy atom. The van der Waals surface area contributed by atoms with Crippen LogP contribution < -0.4 is 10.2 Å². The number of ether oxygens (including phenoxy) is 1. The van der Waals surface area contributed by atoms with Crippen LogP contribution in [0.15, 0.2) is 42.5 Å². The van der Waals surface area contributed by atoms with Crippen molar-refractivity contribution < 1.29 is 22.1 Å². The van der Waals surface area contributed by atoms with Crippen molar-refractivity contribution in [3.8, 4) is 5.75 Å². The van der Waals surface area contributed by atoms with Crippen LogP contribution in [0.3, 0.4) is 0 Å². The first-order valence-corrected chi connectivity index (χ1v) is 6.11. The maximum atomic E-state index is 12.8. The average Bonchev–Trinajstić information content (AvgIpc) is 2.37. The summed E-state index contributed by atoms with van der Waals surface area (Å²) in [6.07, 6.45) is 0. The van der Waals surface area contributed by atoms with Gasteiger partial charge in [-0.25, -0.2) is 4.39 Å². The molecule has 0 fully saturated rings. The van der Waals surface area contributed by atoms with Crippen molar-refractivity contribution in [1.82, 2.24) is 0 Å². The van der Waals surface area contributed by atoms with Crippen LogP contribution in [0.1, 0.15) is 5.56 Å². The summed E-state index contributed by atoms with van der Waals surface area (Å²) in [4.78, 5) is 0. The minimum atomic E-state index is -5.06. The third kappa shape index (κ3) is 3.66. The Kier molecular flexibility index (Phi) is 4.23. The van der Waals surface area contributed by atoms with E-state index in [1.54, 1.807) is 0 Å². The lowest BCUT2D eigenvalue weighted by Crippen LogP contribution is -2.33. The Balaban J connectivity index is 2.11. The summed E-state index contributed by atoms with van der Waals surface area (Å²) in [6.45, 7) is -5.10. The van der Waals surface area contributed by atoms with Crippen LogP contribution in [0.25, 0.3) is 0 Å². The zero-order valence-electron chi connectivity index (χ0n) is 10.1. The third-order valence-electron chi connectivity index (χ3n) is 2.65. The minimum absolute atomic E-state index is 0.0343. The molecule has 0 N–H and O–H groups in total. The van der Waals surface area contributed by atoms with E-state index in [1.807, 2.05) is 0 Å². The number of benzene rings is 2. The van der Waals surface area contributed by atoms with Gasteiger partial charge in [0.2, 0.25) is 0 Å². The smallest absolute Gasteiger partial charge is 0.489 e. The fourth-order valence-corrected chi connectivity index (χ4v) is 1.83. The fourth-order valence-electron chi connectivity index (χ4n) is 1.61. The van der Waals surface area contributed by atoms with Crippen LogP contribution in [-0.2, 0) is 6.61 Å². The van der Waals surface area contributed by atoms with Gasteiger partial charge in [-0.1, -0.05) is 29.8 Å². The second-order valence-electron chi connectivity index (χ2n) is 4.17. The molecule has 0 aliphatic rings. The van der Waals surface area contributed by atoms with E-state index in [9.17, 15) is 17.3 Å². The van der Waals surface area contributed by atoms with Crippen molar-refractivity contribution in [2.75, 3.05) is 0 Å². The lowest BCUT2D eigenvalue weighted by atomic mass is 9.80. The van der Waals surface area contributed by atoms with E-state index in [0.717, 1.165) is 18.2 Å². The Morgan fingerprint density at radius 3 is 2.45 bits per heavy atom. The van der Waals surface area contributed by atoms with Crippen molar-refractivity contribution in [2.45, 2.75) is 6.61 Å². The summed E-state index contributed by atoms with van der Waals surface area (Å²) in [7, 11) is 0. The Labute approximate surface area is 118 Å². The van der Waals surface area contributed by atoms with Gasteiger partial charge < -0.3 is 17.7 Å². The summed E-state index contributed by atoms with van der Waals surface area (Å²) >= 11 is 5.80. The van der Waals surface area contributed by atoms with Crippen LogP contribution in [0.5, 0.6) is 5.75 Å². The maximum absolute atomic E-state index is 12.8. The van der Waals surface area contributed by atoms with Crippen molar-refractivity contribution in [3.05, 3.63) is 58.9 Å². The summed E-state index contributed by atoms with van der Waals surface area (Å²) < 4.78 is 55.8. The number of hydrogen-bond acceptors (Lipinski definition) is 1. The first-order valence-electron chi connectivity index (χ1n) is 5.73. The number of rotatable bonds is 4. The second kappa shape index (κ2) is 5.75. The van der Waals surface area contributed by atoms with Crippen LogP contribution in [-0.4, -0.2) is 6.98 Å². The highest BCUT2D eigenvalue weighted by molar-refractivity contribution is 6.73. The number of hydrogen-bond donors (Lipinski definition) is 0. The molecule has 0 atom stereocenters. The summed E-state index contributed by atoms with van der Waals surface area (Å²) in [6, 6.07) is 8.36. The van der Waals surface area contributed by atoms with Crippen LogP contribution in [0, 0.1) is 5.82 Å². The predicted octanol–water partition coefficient (Wildman–Crippen LogP) is 4.11. The van der Waals surface area contributed by atoms with Gasteiger partial charge in [-0.05, 0) is 24.3 Å². The molecule has 0 bridgehead atoms. The minimum Gasteiger partial charge on any atom is -0.489 e. The molecule has 0 aliphatic carbocycles. The molecule has 0 aromatic heterocycles. The largest absolute Gasteiger partial charge is 0.509 e. The van der Waals surface area contributed by atoms with Gasteiger partial charge in [-0.3, -0.25) is 0 Å². The molecule has 2 rings (SSSR count). The molecule has 0 spiro atoms. The van der Waals surface area contributed by atoms with Gasteiger partial charge in [-0.15, -0.1) is 5.46 Å². The van der Waals surface area contributed by atoms with Crippen molar-refractivity contribution in [3.63, 3.8) is 0 Å². The quantitative estimate of drug-likeness (QED) is 0.610. The van der Waals surface area contributed by atoms with Crippen molar-refractivity contribution in [2.24, 2.45) is 0 Å². The highest BCUT2D eigenvalue weighted by Crippen LogP contribution is 2.20. The van der Waals surface area contributed by atoms with Gasteiger partial charge in [0.05, 0.1) is 5.02 Å². The van der Waals surface area contributed by atoms with Gasteiger partial charge in [0.25, 0.3) is 0 Å². The lowest BCUT2D eigenvalue weighted by molar-refractivity contribution is 0.306. The molecule has 0 saturated heterocycles. The highest BCUT2D eigenvalue weighted by Gasteiger charge is 2.25.